The van der Waals surface area contributed by atoms with Crippen LogP contribution >= 0.6 is 11.6 Å². The van der Waals surface area contributed by atoms with Crippen LogP contribution in [-0.4, -0.2) is 25.0 Å². The smallest absolute Gasteiger partial charge is 0.213 e. The zero-order chi connectivity index (χ0) is 13.8. The SMILES string of the molecule is COc1ccc(C(=O)c2ncccc2Cl)cc1OC. The summed E-state index contributed by atoms with van der Waals surface area (Å²) in [5.74, 6) is 0.790. The number of carbonyl (C=O) groups excluding carboxylic acids is 1. The summed E-state index contributed by atoms with van der Waals surface area (Å²) in [7, 11) is 3.05. The third-order valence-corrected chi connectivity index (χ3v) is 2.92. The number of halogens is 1. The molecule has 1 aromatic heterocycles. The standard InChI is InChI=1S/C14H12ClNO3/c1-18-11-6-5-9(8-12(11)19-2)14(17)13-10(15)4-3-7-16-13/h3-8H,1-2H3. The number of benzene rings is 1. The lowest BCUT2D eigenvalue weighted by molar-refractivity contribution is 0.103. The van der Waals surface area contributed by atoms with Gasteiger partial charge in [0.15, 0.2) is 11.5 Å². The molecule has 0 aliphatic rings. The van der Waals surface area contributed by atoms with Gasteiger partial charge in [0, 0.05) is 11.8 Å². The van der Waals surface area contributed by atoms with Gasteiger partial charge in [0.2, 0.25) is 5.78 Å². The molecule has 0 saturated heterocycles. The van der Waals surface area contributed by atoms with Gasteiger partial charge in [-0.1, -0.05) is 11.6 Å². The maximum atomic E-state index is 12.3. The minimum absolute atomic E-state index is 0.219. The Kier molecular flexibility index (Phi) is 4.02. The van der Waals surface area contributed by atoms with Crippen LogP contribution in [0.3, 0.4) is 0 Å². The molecule has 5 heteroatoms. The van der Waals surface area contributed by atoms with E-state index < -0.39 is 0 Å². The van der Waals surface area contributed by atoms with E-state index in [2.05, 4.69) is 4.98 Å². The first-order valence-corrected chi connectivity index (χ1v) is 5.92. The van der Waals surface area contributed by atoms with Crippen LogP contribution in [0.15, 0.2) is 36.5 Å². The number of hydrogen-bond donors (Lipinski definition) is 0. The topological polar surface area (TPSA) is 48.4 Å². The number of hydrogen-bond acceptors (Lipinski definition) is 4. The van der Waals surface area contributed by atoms with Gasteiger partial charge >= 0.3 is 0 Å². The molecular formula is C14H12ClNO3. The number of aromatic nitrogens is 1. The van der Waals surface area contributed by atoms with Crippen molar-refractivity contribution >= 4 is 17.4 Å². The largest absolute Gasteiger partial charge is 0.493 e. The van der Waals surface area contributed by atoms with E-state index in [0.29, 0.717) is 22.1 Å². The number of ketones is 1. The summed E-state index contributed by atoms with van der Waals surface area (Å²) >= 11 is 5.96. The number of ether oxygens (including phenoxy) is 2. The van der Waals surface area contributed by atoms with Crippen molar-refractivity contribution in [3.63, 3.8) is 0 Å². The molecule has 0 amide bonds. The molecule has 2 rings (SSSR count). The van der Waals surface area contributed by atoms with E-state index in [1.165, 1.54) is 20.4 Å². The Labute approximate surface area is 115 Å². The van der Waals surface area contributed by atoms with Crippen molar-refractivity contribution in [3.05, 3.63) is 52.8 Å². The van der Waals surface area contributed by atoms with Crippen molar-refractivity contribution in [2.75, 3.05) is 14.2 Å². The first-order valence-electron chi connectivity index (χ1n) is 5.54. The second-order valence-electron chi connectivity index (χ2n) is 3.73. The summed E-state index contributed by atoms with van der Waals surface area (Å²) in [5.41, 5.74) is 0.662. The average molecular weight is 278 g/mol. The summed E-state index contributed by atoms with van der Waals surface area (Å²) < 4.78 is 10.3. The lowest BCUT2D eigenvalue weighted by Gasteiger charge is -2.09. The molecule has 0 unspecified atom stereocenters. The van der Waals surface area contributed by atoms with Crippen LogP contribution in [0.2, 0.25) is 5.02 Å². The van der Waals surface area contributed by atoms with Gasteiger partial charge in [0.25, 0.3) is 0 Å². The lowest BCUT2D eigenvalue weighted by Crippen LogP contribution is -2.05. The Hall–Kier alpha value is -2.07. The second kappa shape index (κ2) is 5.71. The van der Waals surface area contributed by atoms with E-state index in [4.69, 9.17) is 21.1 Å². The summed E-state index contributed by atoms with van der Waals surface area (Å²) in [6.07, 6.45) is 1.53. The monoisotopic (exact) mass is 277 g/mol. The Morgan fingerprint density at radius 2 is 1.89 bits per heavy atom. The van der Waals surface area contributed by atoms with Crippen molar-refractivity contribution in [3.8, 4) is 11.5 Å². The molecular weight excluding hydrogens is 266 g/mol. The Balaban J connectivity index is 2.42. The van der Waals surface area contributed by atoms with E-state index >= 15 is 0 Å². The van der Waals surface area contributed by atoms with Gasteiger partial charge in [-0.25, -0.2) is 0 Å². The van der Waals surface area contributed by atoms with Gasteiger partial charge in [-0.3, -0.25) is 9.78 Å². The molecule has 0 radical (unpaired) electrons. The molecule has 0 spiro atoms. The first kappa shape index (κ1) is 13.4. The fraction of sp³-hybridized carbons (Fsp3) is 0.143. The molecule has 0 aliphatic carbocycles. The van der Waals surface area contributed by atoms with E-state index in [-0.39, 0.29) is 11.5 Å². The number of pyridine rings is 1. The van der Waals surface area contributed by atoms with Crippen LogP contribution in [0.4, 0.5) is 0 Å². The van der Waals surface area contributed by atoms with Crippen LogP contribution in [0, 0.1) is 0 Å². The lowest BCUT2D eigenvalue weighted by atomic mass is 10.1. The number of carbonyl (C=O) groups is 1. The predicted octanol–water partition coefficient (Wildman–Crippen LogP) is 2.98. The van der Waals surface area contributed by atoms with Gasteiger partial charge in [-0.2, -0.15) is 0 Å². The summed E-state index contributed by atoms with van der Waals surface area (Å²) in [6.45, 7) is 0. The van der Waals surface area contributed by atoms with Crippen LogP contribution in [0.5, 0.6) is 11.5 Å². The quantitative estimate of drug-likeness (QED) is 0.806. The average Bonchev–Trinajstić information content (AvgIpc) is 2.46. The molecule has 0 aliphatic heterocycles. The highest BCUT2D eigenvalue weighted by Gasteiger charge is 2.16. The van der Waals surface area contributed by atoms with E-state index in [1.807, 2.05) is 0 Å². The van der Waals surface area contributed by atoms with Crippen molar-refractivity contribution in [1.29, 1.82) is 0 Å². The molecule has 0 atom stereocenters. The fourth-order valence-electron chi connectivity index (χ4n) is 1.67. The van der Waals surface area contributed by atoms with Gasteiger partial charge in [-0.05, 0) is 30.3 Å². The predicted molar refractivity (Wildman–Crippen MR) is 72.2 cm³/mol. The van der Waals surface area contributed by atoms with Crippen molar-refractivity contribution < 1.29 is 14.3 Å². The van der Waals surface area contributed by atoms with Gasteiger partial charge in [0.1, 0.15) is 5.69 Å². The highest BCUT2D eigenvalue weighted by molar-refractivity contribution is 6.34. The second-order valence-corrected chi connectivity index (χ2v) is 4.14. The number of methoxy groups -OCH3 is 2. The Bertz CT molecular complexity index is 613. The maximum Gasteiger partial charge on any atom is 0.213 e. The third kappa shape index (κ3) is 2.69. The molecule has 1 aromatic carbocycles. The highest BCUT2D eigenvalue weighted by Crippen LogP contribution is 2.29. The third-order valence-electron chi connectivity index (χ3n) is 2.62. The Morgan fingerprint density at radius 3 is 2.53 bits per heavy atom. The first-order chi connectivity index (χ1) is 9.17. The van der Waals surface area contributed by atoms with Crippen LogP contribution < -0.4 is 9.47 Å². The normalized spacial score (nSPS) is 10.1. The minimum atomic E-state index is -0.258. The molecule has 0 bridgehead atoms. The molecule has 0 N–H and O–H groups in total. The zero-order valence-corrected chi connectivity index (χ0v) is 11.3. The van der Waals surface area contributed by atoms with Crippen molar-refractivity contribution in [2.45, 2.75) is 0 Å². The number of nitrogens with zero attached hydrogens (tertiary/aromatic N) is 1. The van der Waals surface area contributed by atoms with Crippen molar-refractivity contribution in [2.24, 2.45) is 0 Å². The van der Waals surface area contributed by atoms with E-state index in [0.717, 1.165) is 0 Å². The van der Waals surface area contributed by atoms with E-state index in [9.17, 15) is 4.79 Å². The molecule has 0 fully saturated rings. The summed E-state index contributed by atoms with van der Waals surface area (Å²) in [6, 6.07) is 8.22. The highest BCUT2D eigenvalue weighted by atomic mass is 35.5. The molecule has 0 saturated carbocycles. The van der Waals surface area contributed by atoms with E-state index in [1.54, 1.807) is 30.3 Å². The molecule has 98 valence electrons. The van der Waals surface area contributed by atoms with Gasteiger partial charge < -0.3 is 9.47 Å². The fourth-order valence-corrected chi connectivity index (χ4v) is 1.87. The van der Waals surface area contributed by atoms with Gasteiger partial charge in [-0.15, -0.1) is 0 Å². The summed E-state index contributed by atoms with van der Waals surface area (Å²) in [4.78, 5) is 16.3. The minimum Gasteiger partial charge on any atom is -0.493 e. The summed E-state index contributed by atoms with van der Waals surface area (Å²) in [5, 5.41) is 0.322. The van der Waals surface area contributed by atoms with Crippen molar-refractivity contribution in [1.82, 2.24) is 4.98 Å². The van der Waals surface area contributed by atoms with Gasteiger partial charge in [0.05, 0.1) is 19.2 Å². The molecule has 19 heavy (non-hydrogen) atoms. The number of rotatable bonds is 4. The van der Waals surface area contributed by atoms with Crippen LogP contribution in [0.25, 0.3) is 0 Å². The molecule has 1 heterocycles. The van der Waals surface area contributed by atoms with Crippen LogP contribution in [-0.2, 0) is 0 Å². The molecule has 4 nitrogen and oxygen atoms in total. The Morgan fingerprint density at radius 1 is 1.16 bits per heavy atom. The molecule has 2 aromatic rings. The van der Waals surface area contributed by atoms with Crippen LogP contribution in [0.1, 0.15) is 16.1 Å². The maximum absolute atomic E-state index is 12.3. The zero-order valence-electron chi connectivity index (χ0n) is 10.5.